The molecule has 4 rings (SSSR count). The number of aromatic nitrogens is 2. The normalized spacial score (nSPS) is 16.3. The molecule has 3 aromatic rings. The van der Waals surface area contributed by atoms with Gasteiger partial charge in [0.15, 0.2) is 0 Å². The van der Waals surface area contributed by atoms with E-state index in [0.717, 1.165) is 23.3 Å². The highest BCUT2D eigenvalue weighted by Gasteiger charge is 2.33. The summed E-state index contributed by atoms with van der Waals surface area (Å²) in [6.07, 6.45) is -1.69. The quantitative estimate of drug-likeness (QED) is 0.605. The maximum atomic E-state index is 12.8. The zero-order chi connectivity index (χ0) is 20.6. The van der Waals surface area contributed by atoms with Crippen molar-refractivity contribution in [1.82, 2.24) is 14.9 Å². The molecular weight excluding hydrogens is 383 g/mol. The van der Waals surface area contributed by atoms with E-state index in [2.05, 4.69) is 9.97 Å². The first kappa shape index (κ1) is 18.9. The first-order chi connectivity index (χ1) is 13.8. The van der Waals surface area contributed by atoms with Crippen LogP contribution in [-0.2, 0) is 12.7 Å². The molecule has 1 aliphatic heterocycles. The number of ether oxygens (including phenoxy) is 1. The Morgan fingerprint density at radius 2 is 1.69 bits per heavy atom. The van der Waals surface area contributed by atoms with E-state index < -0.39 is 17.8 Å². The molecule has 0 N–H and O–H groups in total. The number of alkyl halides is 3. The van der Waals surface area contributed by atoms with Crippen molar-refractivity contribution in [2.24, 2.45) is 0 Å². The Morgan fingerprint density at radius 3 is 2.34 bits per heavy atom. The molecule has 8 heteroatoms. The summed E-state index contributed by atoms with van der Waals surface area (Å²) < 4.78 is 43.8. The van der Waals surface area contributed by atoms with Crippen molar-refractivity contribution in [2.75, 3.05) is 0 Å². The van der Waals surface area contributed by atoms with E-state index in [0.29, 0.717) is 17.1 Å². The highest BCUT2D eigenvalue weighted by Crippen LogP contribution is 2.38. The second kappa shape index (κ2) is 7.20. The van der Waals surface area contributed by atoms with Crippen LogP contribution in [0.25, 0.3) is 11.1 Å². The van der Waals surface area contributed by atoms with Gasteiger partial charge in [0.25, 0.3) is 0 Å². The molecule has 2 aromatic carbocycles. The van der Waals surface area contributed by atoms with Gasteiger partial charge in [0, 0.05) is 18.0 Å². The third-order valence-electron chi connectivity index (χ3n) is 4.84. The van der Waals surface area contributed by atoms with Gasteiger partial charge in [0.05, 0.1) is 18.2 Å². The molecule has 0 radical (unpaired) electrons. The summed E-state index contributed by atoms with van der Waals surface area (Å²) in [5.74, 6) is 0.919. The van der Waals surface area contributed by atoms with Gasteiger partial charge in [-0.1, -0.05) is 18.2 Å². The van der Waals surface area contributed by atoms with Crippen molar-refractivity contribution in [1.29, 1.82) is 0 Å². The van der Waals surface area contributed by atoms with Gasteiger partial charge in [-0.15, -0.1) is 0 Å². The third-order valence-corrected chi connectivity index (χ3v) is 4.84. The molecule has 0 spiro atoms. The monoisotopic (exact) mass is 399 g/mol. The van der Waals surface area contributed by atoms with Crippen molar-refractivity contribution in [3.63, 3.8) is 0 Å². The van der Waals surface area contributed by atoms with Gasteiger partial charge in [-0.3, -0.25) is 4.90 Å². The molecule has 29 heavy (non-hydrogen) atoms. The largest absolute Gasteiger partial charge is 0.416 e. The van der Waals surface area contributed by atoms with Gasteiger partial charge in [0.1, 0.15) is 11.6 Å². The number of halogens is 3. The molecule has 1 aromatic heterocycles. The molecule has 1 amide bonds. The number of carbonyl (C=O) groups is 1. The summed E-state index contributed by atoms with van der Waals surface area (Å²) in [4.78, 5) is 22.2. The van der Waals surface area contributed by atoms with E-state index in [1.54, 1.807) is 30.6 Å². The number of carbonyl (C=O) groups excluding carboxylic acids is 1. The lowest BCUT2D eigenvalue weighted by Gasteiger charge is -2.33. The minimum Gasteiger partial charge on any atom is -0.410 e. The van der Waals surface area contributed by atoms with Crippen LogP contribution in [0.4, 0.5) is 18.0 Å². The maximum absolute atomic E-state index is 12.8. The van der Waals surface area contributed by atoms with Crippen molar-refractivity contribution >= 4 is 6.09 Å². The lowest BCUT2D eigenvalue weighted by Crippen LogP contribution is -2.39. The van der Waals surface area contributed by atoms with Crippen LogP contribution in [0.5, 0.6) is 5.75 Å². The lowest BCUT2D eigenvalue weighted by atomic mass is 9.97. The number of nitrogens with zero attached hydrogens (tertiary/aromatic N) is 3. The molecule has 1 atom stereocenters. The van der Waals surface area contributed by atoms with Crippen molar-refractivity contribution in [2.45, 2.75) is 25.7 Å². The van der Waals surface area contributed by atoms with Crippen molar-refractivity contribution in [3.05, 3.63) is 77.9 Å². The number of benzene rings is 2. The van der Waals surface area contributed by atoms with Gasteiger partial charge in [-0.25, -0.2) is 14.8 Å². The summed E-state index contributed by atoms with van der Waals surface area (Å²) in [7, 11) is 0. The molecule has 0 aliphatic carbocycles. The number of rotatable bonds is 3. The first-order valence-electron chi connectivity index (χ1n) is 8.89. The molecule has 0 fully saturated rings. The fraction of sp³-hybridized carbons (Fsp3) is 0.190. The van der Waals surface area contributed by atoms with E-state index in [1.807, 2.05) is 13.0 Å². The molecule has 0 bridgehead atoms. The predicted octanol–water partition coefficient (Wildman–Crippen LogP) is 5.24. The summed E-state index contributed by atoms with van der Waals surface area (Å²) in [5.41, 5.74) is 1.44. The van der Waals surface area contributed by atoms with Gasteiger partial charge >= 0.3 is 12.3 Å². The fourth-order valence-corrected chi connectivity index (χ4v) is 3.24. The van der Waals surface area contributed by atoms with E-state index >= 15 is 0 Å². The number of hydrogen-bond donors (Lipinski definition) is 0. The average Bonchev–Trinajstić information content (AvgIpc) is 2.71. The Labute approximate surface area is 164 Å². The van der Waals surface area contributed by atoms with Gasteiger partial charge in [-0.2, -0.15) is 13.2 Å². The zero-order valence-corrected chi connectivity index (χ0v) is 15.3. The van der Waals surface area contributed by atoms with Gasteiger partial charge in [-0.05, 0) is 48.4 Å². The zero-order valence-electron chi connectivity index (χ0n) is 15.3. The van der Waals surface area contributed by atoms with Crippen LogP contribution in [0.15, 0.2) is 60.9 Å². The standard InChI is InChI=1S/C21H16F3N3O2/c1-13-17-11-15(14-3-6-16(7-4-14)21(22,23)24)5-8-18(17)29-20(28)27(13)12-19-25-9-2-10-26-19/h2-11,13H,12H2,1H3. The van der Waals surface area contributed by atoms with E-state index in [1.165, 1.54) is 17.0 Å². The maximum Gasteiger partial charge on any atom is 0.416 e. The SMILES string of the molecule is CC1c2cc(-c3ccc(C(F)(F)F)cc3)ccc2OC(=O)N1Cc1ncccn1. The van der Waals surface area contributed by atoms with Crippen LogP contribution in [0, 0.1) is 0 Å². The second-order valence-electron chi connectivity index (χ2n) is 6.66. The van der Waals surface area contributed by atoms with Crippen LogP contribution in [0.2, 0.25) is 0 Å². The van der Waals surface area contributed by atoms with Crippen molar-refractivity contribution in [3.8, 4) is 16.9 Å². The Morgan fingerprint density at radius 1 is 1.03 bits per heavy atom. The van der Waals surface area contributed by atoms with Crippen LogP contribution >= 0.6 is 0 Å². The highest BCUT2D eigenvalue weighted by atomic mass is 19.4. The summed E-state index contributed by atoms with van der Waals surface area (Å²) in [5, 5.41) is 0. The Bertz CT molecular complexity index is 1040. The minimum absolute atomic E-state index is 0.185. The van der Waals surface area contributed by atoms with Gasteiger partial charge in [0.2, 0.25) is 0 Å². The van der Waals surface area contributed by atoms with E-state index in [9.17, 15) is 18.0 Å². The molecule has 1 unspecified atom stereocenters. The predicted molar refractivity (Wildman–Crippen MR) is 98.9 cm³/mol. The summed E-state index contributed by atoms with van der Waals surface area (Å²) in [6.45, 7) is 2.05. The van der Waals surface area contributed by atoms with E-state index in [4.69, 9.17) is 4.74 Å². The van der Waals surface area contributed by atoms with Crippen LogP contribution in [0.1, 0.15) is 29.9 Å². The molecule has 1 aliphatic rings. The number of hydrogen-bond acceptors (Lipinski definition) is 4. The van der Waals surface area contributed by atoms with Crippen LogP contribution in [0.3, 0.4) is 0 Å². The average molecular weight is 399 g/mol. The molecule has 148 valence electrons. The number of fused-ring (bicyclic) bond motifs is 1. The van der Waals surface area contributed by atoms with Crippen LogP contribution in [-0.4, -0.2) is 21.0 Å². The van der Waals surface area contributed by atoms with Crippen molar-refractivity contribution < 1.29 is 22.7 Å². The summed E-state index contributed by atoms with van der Waals surface area (Å²) >= 11 is 0. The van der Waals surface area contributed by atoms with E-state index in [-0.39, 0.29) is 12.6 Å². The molecule has 0 saturated carbocycles. The topological polar surface area (TPSA) is 55.3 Å². The fourth-order valence-electron chi connectivity index (χ4n) is 3.24. The summed E-state index contributed by atoms with van der Waals surface area (Å²) in [6, 6.07) is 11.5. The third kappa shape index (κ3) is 3.78. The Kier molecular flexibility index (Phi) is 4.70. The second-order valence-corrected chi connectivity index (χ2v) is 6.66. The molecule has 0 saturated heterocycles. The lowest BCUT2D eigenvalue weighted by molar-refractivity contribution is -0.137. The van der Waals surface area contributed by atoms with Gasteiger partial charge < -0.3 is 4.74 Å². The Hall–Kier alpha value is -3.42. The first-order valence-corrected chi connectivity index (χ1v) is 8.89. The molecule has 5 nitrogen and oxygen atoms in total. The smallest absolute Gasteiger partial charge is 0.410 e. The van der Waals surface area contributed by atoms with Crippen LogP contribution < -0.4 is 4.74 Å². The molecular formula is C21H16F3N3O2. The number of amides is 1. The Balaban J connectivity index is 1.64. The highest BCUT2D eigenvalue weighted by molar-refractivity contribution is 5.76. The minimum atomic E-state index is -4.38. The molecule has 2 heterocycles.